The van der Waals surface area contributed by atoms with E-state index >= 15 is 0 Å². The molecule has 6 rings (SSSR count). The van der Waals surface area contributed by atoms with Gasteiger partial charge in [0.1, 0.15) is 23.2 Å². The largest absolute Gasteiger partial charge is 0.481 e. The average Bonchev–Trinajstić information content (AvgIpc) is 3.41. The number of likely N-dealkylation sites (tertiary alicyclic amines) is 1. The van der Waals surface area contributed by atoms with Crippen LogP contribution in [0, 0.1) is 6.92 Å². The number of hydrogen-bond acceptors (Lipinski definition) is 10. The summed E-state index contributed by atoms with van der Waals surface area (Å²) in [6.45, 7) is 9.26. The number of aryl methyl sites for hydroxylation is 1. The second kappa shape index (κ2) is 13.4. The van der Waals surface area contributed by atoms with E-state index in [2.05, 4.69) is 21.6 Å². The Bertz CT molecular complexity index is 1700. The zero-order valence-electron chi connectivity index (χ0n) is 29.5. The lowest BCUT2D eigenvalue weighted by molar-refractivity contribution is -0.175. The summed E-state index contributed by atoms with van der Waals surface area (Å²) in [6.07, 6.45) is 0.681. The number of ether oxygens (including phenoxy) is 4. The minimum absolute atomic E-state index is 0.0849. The predicted molar refractivity (Wildman–Crippen MR) is 182 cm³/mol. The third-order valence-electron chi connectivity index (χ3n) is 10.3. The van der Waals surface area contributed by atoms with Crippen LogP contribution in [0.3, 0.4) is 0 Å². The average molecular weight is 690 g/mol. The maximum absolute atomic E-state index is 13.3. The van der Waals surface area contributed by atoms with E-state index < -0.39 is 58.8 Å². The van der Waals surface area contributed by atoms with Gasteiger partial charge in [0.15, 0.2) is 12.2 Å². The highest BCUT2D eigenvalue weighted by Crippen LogP contribution is 2.64. The van der Waals surface area contributed by atoms with Gasteiger partial charge in [0.2, 0.25) is 5.91 Å². The van der Waals surface area contributed by atoms with Crippen molar-refractivity contribution >= 4 is 23.9 Å². The van der Waals surface area contributed by atoms with Gasteiger partial charge in [-0.15, -0.1) is 0 Å². The Morgan fingerprint density at radius 3 is 2.58 bits per heavy atom. The molecule has 268 valence electrons. The van der Waals surface area contributed by atoms with Gasteiger partial charge in [-0.05, 0) is 83.8 Å². The fraction of sp³-hybridized carbons (Fsp3) is 0.526. The molecule has 0 aromatic heterocycles. The summed E-state index contributed by atoms with van der Waals surface area (Å²) in [5.74, 6) is -0.930. The summed E-state index contributed by atoms with van der Waals surface area (Å²) in [6, 6.07) is 12.3. The number of nitrogens with zero attached hydrogens (tertiary/aromatic N) is 1. The molecule has 50 heavy (non-hydrogen) atoms. The van der Waals surface area contributed by atoms with Crippen molar-refractivity contribution in [1.82, 2.24) is 15.5 Å². The van der Waals surface area contributed by atoms with Gasteiger partial charge in [-0.25, -0.2) is 9.59 Å². The van der Waals surface area contributed by atoms with E-state index in [4.69, 9.17) is 18.9 Å². The Labute approximate surface area is 292 Å². The van der Waals surface area contributed by atoms with Crippen LogP contribution in [0.4, 0.5) is 4.79 Å². The van der Waals surface area contributed by atoms with E-state index in [1.807, 2.05) is 50.4 Å². The molecule has 0 saturated carbocycles. The number of nitrogens with one attached hydrogen (secondary N) is 2. The third kappa shape index (κ3) is 6.46. The Morgan fingerprint density at radius 1 is 1.12 bits per heavy atom. The van der Waals surface area contributed by atoms with Gasteiger partial charge < -0.3 is 39.6 Å². The first-order valence-corrected chi connectivity index (χ1v) is 17.3. The van der Waals surface area contributed by atoms with Crippen molar-refractivity contribution in [1.29, 1.82) is 0 Å². The molecule has 2 heterocycles. The zero-order valence-corrected chi connectivity index (χ0v) is 29.5. The molecular weight excluding hydrogens is 642 g/mol. The van der Waals surface area contributed by atoms with Crippen LogP contribution < -0.4 is 15.4 Å². The number of aliphatic hydroxyl groups is 1. The van der Waals surface area contributed by atoms with E-state index in [0.717, 1.165) is 34.5 Å². The van der Waals surface area contributed by atoms with Gasteiger partial charge in [-0.1, -0.05) is 42.5 Å². The number of alkyl carbamates (subject to hydrolysis) is 1. The van der Waals surface area contributed by atoms with Crippen molar-refractivity contribution in [3.05, 3.63) is 76.6 Å². The second-order valence-electron chi connectivity index (χ2n) is 14.9. The topological polar surface area (TPSA) is 153 Å². The number of likely N-dealkylation sites (N-methyl/N-ethyl adjacent to an activating group) is 1. The minimum Gasteiger partial charge on any atom is -0.481 e. The van der Waals surface area contributed by atoms with Crippen molar-refractivity contribution in [3.63, 3.8) is 0 Å². The molecule has 2 aromatic rings. The Kier molecular flexibility index (Phi) is 9.47. The van der Waals surface area contributed by atoms with Gasteiger partial charge in [-0.3, -0.25) is 9.59 Å². The van der Waals surface area contributed by atoms with E-state index in [0.29, 0.717) is 25.0 Å². The second-order valence-corrected chi connectivity index (χ2v) is 14.9. The minimum atomic E-state index is -1.24. The lowest BCUT2D eigenvalue weighted by atomic mass is 9.50. The molecule has 3 N–H and O–H groups in total. The van der Waals surface area contributed by atoms with Crippen LogP contribution in [0.15, 0.2) is 54.3 Å². The summed E-state index contributed by atoms with van der Waals surface area (Å²) in [5.41, 5.74) is 1.33. The van der Waals surface area contributed by atoms with Crippen molar-refractivity contribution in [3.8, 4) is 5.75 Å². The first-order chi connectivity index (χ1) is 23.6. The van der Waals surface area contributed by atoms with Gasteiger partial charge in [0.05, 0.1) is 17.4 Å². The van der Waals surface area contributed by atoms with Crippen LogP contribution in [0.1, 0.15) is 69.2 Å². The van der Waals surface area contributed by atoms with Gasteiger partial charge in [0, 0.05) is 31.0 Å². The molecule has 1 fully saturated rings. The molecule has 2 bridgehead atoms. The summed E-state index contributed by atoms with van der Waals surface area (Å²) >= 11 is 0. The molecule has 1 saturated heterocycles. The number of benzene rings is 2. The Morgan fingerprint density at radius 2 is 1.86 bits per heavy atom. The van der Waals surface area contributed by atoms with Crippen LogP contribution >= 0.6 is 0 Å². The van der Waals surface area contributed by atoms with E-state index in [9.17, 15) is 24.3 Å². The Balaban J connectivity index is 1.06. The molecular formula is C38H47N3O9. The fourth-order valence-electron chi connectivity index (χ4n) is 8.01. The molecule has 1 spiro atoms. The Hall–Kier alpha value is -4.42. The van der Waals surface area contributed by atoms with Crippen molar-refractivity contribution in [2.45, 2.75) is 108 Å². The lowest BCUT2D eigenvalue weighted by Crippen LogP contribution is -2.74. The molecule has 2 aliphatic carbocycles. The summed E-state index contributed by atoms with van der Waals surface area (Å²) in [5, 5.41) is 17.6. The van der Waals surface area contributed by atoms with Crippen LogP contribution in [-0.2, 0) is 46.9 Å². The number of amides is 2. The quantitative estimate of drug-likeness (QED) is 0.250. The number of esters is 2. The fourth-order valence-corrected chi connectivity index (χ4v) is 8.01. The molecule has 2 amide bonds. The van der Waals surface area contributed by atoms with Gasteiger partial charge in [0.25, 0.3) is 0 Å². The van der Waals surface area contributed by atoms with E-state index in [1.54, 1.807) is 26.8 Å². The number of carbonyl (C=O) groups is 4. The first-order valence-electron chi connectivity index (χ1n) is 17.3. The van der Waals surface area contributed by atoms with Crippen LogP contribution in [0.25, 0.3) is 0 Å². The third-order valence-corrected chi connectivity index (χ3v) is 10.3. The maximum atomic E-state index is 13.3. The standard InChI is InChI=1S/C38H47N3O9/c1-22-12-13-25-21-28-38(46)16-14-27(32-37(38,17-19-41(28)6)30(25)31(22)49-32)48-34(44)23(2)47-29(42)15-18-39-33(43)26(20-24-10-8-7-9-11-24)40-35(45)50-36(3,4)5/h7-14,23,26,28,32,46H,15-21H2,1-6H3,(H,39,43)(H,40,45)/t23-,26-,28+,32-,37-,38+/m0/s1. The molecule has 0 radical (unpaired) electrons. The SMILES string of the molecule is Cc1ccc2c3c1O[C@H]1C(OC(=O)[C@H](C)OC(=O)CCNC(=O)[C@H](Cc4ccccc4)NC(=O)OC(C)(C)C)=CC[C@@]4(O)[C@@H](C2)N(C)CC[C@]314. The molecule has 2 aliphatic heterocycles. The van der Waals surface area contributed by atoms with Crippen molar-refractivity contribution < 1.29 is 43.2 Å². The zero-order chi connectivity index (χ0) is 36.0. The van der Waals surface area contributed by atoms with E-state index in [-0.39, 0.29) is 25.4 Å². The van der Waals surface area contributed by atoms with Gasteiger partial charge in [-0.2, -0.15) is 0 Å². The summed E-state index contributed by atoms with van der Waals surface area (Å²) in [7, 11) is 2.03. The summed E-state index contributed by atoms with van der Waals surface area (Å²) in [4.78, 5) is 53.8. The highest BCUT2D eigenvalue weighted by molar-refractivity contribution is 5.86. The molecule has 6 atom stereocenters. The highest BCUT2D eigenvalue weighted by Gasteiger charge is 2.71. The maximum Gasteiger partial charge on any atom is 0.408 e. The smallest absolute Gasteiger partial charge is 0.408 e. The molecule has 0 unspecified atom stereocenters. The van der Waals surface area contributed by atoms with E-state index in [1.165, 1.54) is 6.92 Å². The van der Waals surface area contributed by atoms with Gasteiger partial charge >= 0.3 is 18.0 Å². The molecule has 2 aromatic carbocycles. The van der Waals surface area contributed by atoms with Crippen LogP contribution in [0.2, 0.25) is 0 Å². The first kappa shape index (κ1) is 35.4. The van der Waals surface area contributed by atoms with Crippen molar-refractivity contribution in [2.24, 2.45) is 0 Å². The number of piperidine rings is 1. The van der Waals surface area contributed by atoms with Crippen LogP contribution in [-0.4, -0.2) is 89.6 Å². The number of hydrogen-bond donors (Lipinski definition) is 3. The normalized spacial score (nSPS) is 25.9. The molecule has 4 aliphatic rings. The highest BCUT2D eigenvalue weighted by atomic mass is 16.6. The number of carbonyl (C=O) groups excluding carboxylic acids is 4. The van der Waals surface area contributed by atoms with Crippen LogP contribution in [0.5, 0.6) is 5.75 Å². The monoisotopic (exact) mass is 689 g/mol. The molecule has 12 heteroatoms. The molecule has 12 nitrogen and oxygen atoms in total. The summed E-state index contributed by atoms with van der Waals surface area (Å²) < 4.78 is 23.2. The lowest BCUT2D eigenvalue weighted by Gasteiger charge is -2.61. The van der Waals surface area contributed by atoms with Crippen molar-refractivity contribution in [2.75, 3.05) is 20.1 Å². The predicted octanol–water partition coefficient (Wildman–Crippen LogP) is 3.39. The number of rotatable bonds is 10.